The SMILES string of the molecule is Cc1ccc(OCc2nc3sc(=Cc4cn(-c5ccccc5)nc4-c4ccc(Cl)cc4)c(=O)n3n2)cc1. The predicted octanol–water partition coefficient (Wildman–Crippen LogP) is 5.09. The first-order valence-corrected chi connectivity index (χ1v) is 12.7. The lowest BCUT2D eigenvalue weighted by molar-refractivity contribution is 0.296. The molecule has 0 aliphatic carbocycles. The van der Waals surface area contributed by atoms with Crippen LogP contribution in [0.5, 0.6) is 5.75 Å². The number of para-hydroxylation sites is 1. The van der Waals surface area contributed by atoms with Gasteiger partial charge in [-0.15, -0.1) is 5.10 Å². The summed E-state index contributed by atoms with van der Waals surface area (Å²) in [6, 6.07) is 25.0. The Morgan fingerprint density at radius 2 is 1.73 bits per heavy atom. The first-order valence-electron chi connectivity index (χ1n) is 11.5. The lowest BCUT2D eigenvalue weighted by Gasteiger charge is -2.03. The van der Waals surface area contributed by atoms with Crippen molar-refractivity contribution >= 4 is 34.0 Å². The van der Waals surface area contributed by atoms with E-state index in [1.807, 2.05) is 98.1 Å². The van der Waals surface area contributed by atoms with Crippen molar-refractivity contribution in [3.05, 3.63) is 122 Å². The highest BCUT2D eigenvalue weighted by atomic mass is 35.5. The van der Waals surface area contributed by atoms with Crippen molar-refractivity contribution in [2.45, 2.75) is 13.5 Å². The molecule has 6 rings (SSSR count). The molecule has 6 aromatic rings. The van der Waals surface area contributed by atoms with Crippen LogP contribution in [-0.4, -0.2) is 24.4 Å². The lowest BCUT2D eigenvalue weighted by Crippen LogP contribution is -2.24. The van der Waals surface area contributed by atoms with E-state index in [2.05, 4.69) is 10.1 Å². The number of aryl methyl sites for hydroxylation is 1. The minimum Gasteiger partial charge on any atom is -0.486 e. The molecule has 0 radical (unpaired) electrons. The molecule has 7 nitrogen and oxygen atoms in total. The summed E-state index contributed by atoms with van der Waals surface area (Å²) in [5.74, 6) is 1.18. The Kier molecular flexibility index (Phi) is 6.04. The number of nitrogens with zero attached hydrogens (tertiary/aromatic N) is 5. The van der Waals surface area contributed by atoms with Crippen molar-refractivity contribution in [2.75, 3.05) is 0 Å². The molecule has 3 aromatic heterocycles. The average Bonchev–Trinajstić information content (AvgIpc) is 3.60. The number of halogens is 1. The quantitative estimate of drug-likeness (QED) is 0.303. The third-order valence-corrected chi connectivity index (χ3v) is 6.99. The molecule has 0 spiro atoms. The molecule has 0 saturated heterocycles. The number of benzene rings is 3. The van der Waals surface area contributed by atoms with Crippen LogP contribution in [-0.2, 0) is 6.61 Å². The van der Waals surface area contributed by atoms with E-state index in [1.165, 1.54) is 15.9 Å². The van der Waals surface area contributed by atoms with Gasteiger partial charge in [-0.05, 0) is 49.4 Å². The summed E-state index contributed by atoms with van der Waals surface area (Å²) in [7, 11) is 0. The van der Waals surface area contributed by atoms with Gasteiger partial charge in [-0.25, -0.2) is 4.68 Å². The smallest absolute Gasteiger partial charge is 0.291 e. The van der Waals surface area contributed by atoms with Crippen molar-refractivity contribution in [1.29, 1.82) is 0 Å². The molecule has 3 aromatic carbocycles. The van der Waals surface area contributed by atoms with Gasteiger partial charge in [0.15, 0.2) is 5.82 Å². The number of ether oxygens (including phenoxy) is 1. The van der Waals surface area contributed by atoms with E-state index in [-0.39, 0.29) is 12.2 Å². The number of hydrogen-bond donors (Lipinski definition) is 0. The maximum Gasteiger partial charge on any atom is 0.291 e. The summed E-state index contributed by atoms with van der Waals surface area (Å²) >= 11 is 7.38. The fourth-order valence-corrected chi connectivity index (χ4v) is 4.94. The van der Waals surface area contributed by atoms with Gasteiger partial charge in [0.2, 0.25) is 4.96 Å². The lowest BCUT2D eigenvalue weighted by atomic mass is 10.1. The van der Waals surface area contributed by atoms with Crippen LogP contribution in [0.15, 0.2) is 89.9 Å². The number of hydrogen-bond acceptors (Lipinski definition) is 6. The Morgan fingerprint density at radius 1 is 0.973 bits per heavy atom. The van der Waals surface area contributed by atoms with Gasteiger partial charge in [-0.2, -0.15) is 14.6 Å². The van der Waals surface area contributed by atoms with E-state index in [4.69, 9.17) is 21.4 Å². The van der Waals surface area contributed by atoms with E-state index in [0.717, 1.165) is 33.8 Å². The van der Waals surface area contributed by atoms with Crippen molar-refractivity contribution in [2.24, 2.45) is 0 Å². The zero-order valence-corrected chi connectivity index (χ0v) is 21.3. The fraction of sp³-hybridized carbons (Fsp3) is 0.0714. The van der Waals surface area contributed by atoms with Gasteiger partial charge in [0.25, 0.3) is 5.56 Å². The second kappa shape index (κ2) is 9.65. The predicted molar refractivity (Wildman–Crippen MR) is 145 cm³/mol. The van der Waals surface area contributed by atoms with Gasteiger partial charge in [-0.1, -0.05) is 71.0 Å². The molecule has 0 saturated carbocycles. The molecular formula is C28H20ClN5O2S. The van der Waals surface area contributed by atoms with Gasteiger partial charge >= 0.3 is 0 Å². The molecule has 0 unspecified atom stereocenters. The zero-order valence-electron chi connectivity index (χ0n) is 19.7. The standard InChI is InChI=1S/C28H20ClN5O2S/c1-18-7-13-23(14-8-18)36-17-25-30-28-34(31-25)27(35)24(37-28)15-20-16-33(22-5-3-2-4-6-22)32-26(20)19-9-11-21(29)12-10-19/h2-16H,17H2,1H3. The Labute approximate surface area is 220 Å². The largest absolute Gasteiger partial charge is 0.486 e. The highest BCUT2D eigenvalue weighted by Crippen LogP contribution is 2.26. The van der Waals surface area contributed by atoms with Crippen molar-refractivity contribution in [3.8, 4) is 22.7 Å². The molecule has 0 aliphatic heterocycles. The van der Waals surface area contributed by atoms with Crippen LogP contribution < -0.4 is 14.8 Å². The zero-order chi connectivity index (χ0) is 25.4. The maximum atomic E-state index is 13.2. The Morgan fingerprint density at radius 3 is 2.46 bits per heavy atom. The van der Waals surface area contributed by atoms with Crippen molar-refractivity contribution in [3.63, 3.8) is 0 Å². The summed E-state index contributed by atoms with van der Waals surface area (Å²) in [6.45, 7) is 2.20. The molecule has 0 N–H and O–H groups in total. The molecule has 0 bridgehead atoms. The molecule has 9 heteroatoms. The molecule has 182 valence electrons. The summed E-state index contributed by atoms with van der Waals surface area (Å²) < 4.78 is 9.41. The van der Waals surface area contributed by atoms with Gasteiger partial charge in [0.1, 0.15) is 18.1 Å². The normalized spacial score (nSPS) is 11.9. The maximum absolute atomic E-state index is 13.2. The minimum absolute atomic E-state index is 0.181. The third kappa shape index (κ3) is 4.76. The molecule has 0 amide bonds. The summed E-state index contributed by atoms with van der Waals surface area (Å²) in [5.41, 5.74) is 4.28. The monoisotopic (exact) mass is 525 g/mol. The highest BCUT2D eigenvalue weighted by molar-refractivity contribution is 7.15. The van der Waals surface area contributed by atoms with Gasteiger partial charge in [0, 0.05) is 22.3 Å². The summed E-state index contributed by atoms with van der Waals surface area (Å²) in [4.78, 5) is 18.2. The van der Waals surface area contributed by atoms with Crippen molar-refractivity contribution < 1.29 is 4.74 Å². The molecule has 0 aliphatic rings. The topological polar surface area (TPSA) is 74.3 Å². The van der Waals surface area contributed by atoms with Crippen LogP contribution in [0.25, 0.3) is 28.0 Å². The minimum atomic E-state index is -0.233. The highest BCUT2D eigenvalue weighted by Gasteiger charge is 2.14. The second-order valence-electron chi connectivity index (χ2n) is 8.46. The average molecular weight is 526 g/mol. The Hall–Kier alpha value is -4.27. The van der Waals surface area contributed by atoms with Crippen LogP contribution in [0.1, 0.15) is 17.0 Å². The second-order valence-corrected chi connectivity index (χ2v) is 9.91. The van der Waals surface area contributed by atoms with Gasteiger partial charge in [-0.3, -0.25) is 4.79 Å². The van der Waals surface area contributed by atoms with Gasteiger partial charge in [0.05, 0.1) is 10.2 Å². The summed E-state index contributed by atoms with van der Waals surface area (Å²) in [6.07, 6.45) is 3.75. The van der Waals surface area contributed by atoms with Crippen LogP contribution in [0, 0.1) is 6.92 Å². The van der Waals surface area contributed by atoms with E-state index >= 15 is 0 Å². The number of thiazole rings is 1. The Balaban J connectivity index is 1.36. The Bertz CT molecular complexity index is 1810. The van der Waals surface area contributed by atoms with E-state index in [1.54, 1.807) is 4.68 Å². The van der Waals surface area contributed by atoms with Crippen LogP contribution in [0.3, 0.4) is 0 Å². The molecule has 0 fully saturated rings. The number of fused-ring (bicyclic) bond motifs is 1. The number of aromatic nitrogens is 5. The molecular weight excluding hydrogens is 506 g/mol. The van der Waals surface area contributed by atoms with Crippen LogP contribution in [0.2, 0.25) is 5.02 Å². The first-order chi connectivity index (χ1) is 18.0. The molecule has 3 heterocycles. The van der Waals surface area contributed by atoms with E-state index in [9.17, 15) is 4.79 Å². The van der Waals surface area contributed by atoms with Gasteiger partial charge < -0.3 is 4.74 Å². The van der Waals surface area contributed by atoms with E-state index < -0.39 is 0 Å². The molecule has 37 heavy (non-hydrogen) atoms. The first kappa shape index (κ1) is 23.1. The molecule has 0 atom stereocenters. The van der Waals surface area contributed by atoms with Crippen molar-refractivity contribution in [1.82, 2.24) is 24.4 Å². The summed E-state index contributed by atoms with van der Waals surface area (Å²) in [5, 5.41) is 9.83. The van der Waals surface area contributed by atoms with Crippen LogP contribution >= 0.6 is 22.9 Å². The number of rotatable bonds is 6. The van der Waals surface area contributed by atoms with E-state index in [0.29, 0.717) is 20.3 Å². The van der Waals surface area contributed by atoms with Crippen LogP contribution in [0.4, 0.5) is 0 Å². The fourth-order valence-electron chi connectivity index (χ4n) is 3.90. The third-order valence-electron chi connectivity index (χ3n) is 5.78.